The highest BCUT2D eigenvalue weighted by Gasteiger charge is 2.16. The molecule has 0 radical (unpaired) electrons. The Bertz CT molecular complexity index is 728. The van der Waals surface area contributed by atoms with E-state index >= 15 is 0 Å². The Balaban J connectivity index is 2.27. The van der Waals surface area contributed by atoms with Crippen molar-refractivity contribution in [2.75, 3.05) is 16.6 Å². The van der Waals surface area contributed by atoms with Gasteiger partial charge < -0.3 is 5.32 Å². The van der Waals surface area contributed by atoms with Gasteiger partial charge in [-0.3, -0.25) is 4.72 Å². The summed E-state index contributed by atoms with van der Waals surface area (Å²) in [5, 5.41) is 3.09. The summed E-state index contributed by atoms with van der Waals surface area (Å²) in [6, 6.07) is 10.7. The van der Waals surface area contributed by atoms with Gasteiger partial charge in [-0.05, 0) is 50.2 Å². The summed E-state index contributed by atoms with van der Waals surface area (Å²) in [6.45, 7) is 4.24. The van der Waals surface area contributed by atoms with E-state index in [2.05, 4.69) is 10.0 Å². The Morgan fingerprint density at radius 2 is 1.76 bits per heavy atom. The molecule has 0 spiro atoms. The molecular formula is C15H17FN2O2S. The fourth-order valence-electron chi connectivity index (χ4n) is 1.88. The number of hydrogen-bond acceptors (Lipinski definition) is 3. The van der Waals surface area contributed by atoms with Crippen LogP contribution in [0.4, 0.5) is 15.8 Å². The second-order valence-corrected chi connectivity index (χ2v) is 6.26. The monoisotopic (exact) mass is 308 g/mol. The lowest BCUT2D eigenvalue weighted by Gasteiger charge is -2.11. The van der Waals surface area contributed by atoms with Crippen LogP contribution >= 0.6 is 0 Å². The highest BCUT2D eigenvalue weighted by molar-refractivity contribution is 7.92. The second-order valence-electron chi connectivity index (χ2n) is 4.57. The molecule has 0 aliphatic rings. The summed E-state index contributed by atoms with van der Waals surface area (Å²) >= 11 is 0. The highest BCUT2D eigenvalue weighted by atomic mass is 32.2. The lowest BCUT2D eigenvalue weighted by atomic mass is 10.2. The number of sulfonamides is 1. The van der Waals surface area contributed by atoms with Gasteiger partial charge >= 0.3 is 0 Å². The maximum atomic E-state index is 13.5. The molecule has 2 aromatic carbocycles. The zero-order valence-corrected chi connectivity index (χ0v) is 12.7. The van der Waals surface area contributed by atoms with Gasteiger partial charge in [-0.25, -0.2) is 12.8 Å². The number of anilines is 2. The van der Waals surface area contributed by atoms with Gasteiger partial charge in [0.05, 0.1) is 10.6 Å². The van der Waals surface area contributed by atoms with Crippen LogP contribution in [0.1, 0.15) is 12.5 Å². The number of rotatable bonds is 5. The van der Waals surface area contributed by atoms with Crippen LogP contribution in [-0.4, -0.2) is 15.0 Å². The summed E-state index contributed by atoms with van der Waals surface area (Å²) in [6.07, 6.45) is 0. The van der Waals surface area contributed by atoms with Gasteiger partial charge in [-0.2, -0.15) is 0 Å². The molecule has 0 saturated heterocycles. The Morgan fingerprint density at radius 3 is 2.38 bits per heavy atom. The molecule has 2 rings (SSSR count). The summed E-state index contributed by atoms with van der Waals surface area (Å²) in [5.74, 6) is -0.447. The van der Waals surface area contributed by atoms with Crippen molar-refractivity contribution in [2.45, 2.75) is 18.7 Å². The zero-order valence-electron chi connectivity index (χ0n) is 11.9. The van der Waals surface area contributed by atoms with Crippen molar-refractivity contribution in [3.05, 3.63) is 53.8 Å². The summed E-state index contributed by atoms with van der Waals surface area (Å²) in [5.41, 5.74) is 1.36. The van der Waals surface area contributed by atoms with Gasteiger partial charge in [0.15, 0.2) is 0 Å². The molecule has 0 amide bonds. The van der Waals surface area contributed by atoms with Crippen LogP contribution in [0.2, 0.25) is 0 Å². The number of benzene rings is 2. The highest BCUT2D eigenvalue weighted by Crippen LogP contribution is 2.22. The van der Waals surface area contributed by atoms with Crippen molar-refractivity contribution in [1.82, 2.24) is 0 Å². The quantitative estimate of drug-likeness (QED) is 0.890. The van der Waals surface area contributed by atoms with Crippen LogP contribution in [0, 0.1) is 12.7 Å². The molecule has 0 fully saturated rings. The van der Waals surface area contributed by atoms with E-state index in [1.54, 1.807) is 12.1 Å². The van der Waals surface area contributed by atoms with Crippen LogP contribution in [0.3, 0.4) is 0 Å². The number of nitrogens with one attached hydrogen (secondary N) is 2. The van der Waals surface area contributed by atoms with Crippen LogP contribution in [0.25, 0.3) is 0 Å². The van der Waals surface area contributed by atoms with Crippen LogP contribution in [0.15, 0.2) is 47.4 Å². The molecule has 2 N–H and O–H groups in total. The van der Waals surface area contributed by atoms with Crippen molar-refractivity contribution >= 4 is 21.4 Å². The molecule has 21 heavy (non-hydrogen) atoms. The topological polar surface area (TPSA) is 58.2 Å². The zero-order chi connectivity index (χ0) is 15.5. The van der Waals surface area contributed by atoms with Crippen LogP contribution in [-0.2, 0) is 10.0 Å². The number of hydrogen-bond donors (Lipinski definition) is 2. The van der Waals surface area contributed by atoms with Crippen molar-refractivity contribution in [2.24, 2.45) is 0 Å². The molecule has 0 atom stereocenters. The van der Waals surface area contributed by atoms with E-state index in [1.165, 1.54) is 37.3 Å². The first-order valence-corrected chi connectivity index (χ1v) is 8.04. The largest absolute Gasteiger partial charge is 0.385 e. The minimum atomic E-state index is -3.73. The lowest BCUT2D eigenvalue weighted by molar-refractivity contribution is 0.601. The predicted molar refractivity (Wildman–Crippen MR) is 82.6 cm³/mol. The summed E-state index contributed by atoms with van der Waals surface area (Å²) in [7, 11) is -3.73. The maximum absolute atomic E-state index is 13.5. The van der Waals surface area contributed by atoms with Crippen LogP contribution in [0.5, 0.6) is 0 Å². The average molecular weight is 308 g/mol. The summed E-state index contributed by atoms with van der Waals surface area (Å²) in [4.78, 5) is 0.132. The molecule has 0 aromatic heterocycles. The SMILES string of the molecule is CCNc1ccc(S(=O)(=O)Nc2cccc(F)c2C)cc1. The van der Waals surface area contributed by atoms with E-state index in [0.717, 1.165) is 12.2 Å². The van der Waals surface area contributed by atoms with Crippen molar-refractivity contribution in [1.29, 1.82) is 0 Å². The van der Waals surface area contributed by atoms with Crippen molar-refractivity contribution in [3.8, 4) is 0 Å². The van der Waals surface area contributed by atoms with Crippen LogP contribution < -0.4 is 10.0 Å². The lowest BCUT2D eigenvalue weighted by Crippen LogP contribution is -2.14. The molecule has 0 aliphatic carbocycles. The third-order valence-corrected chi connectivity index (χ3v) is 4.44. The molecule has 6 heteroatoms. The molecule has 112 valence electrons. The predicted octanol–water partition coefficient (Wildman–Crippen LogP) is 3.37. The Morgan fingerprint density at radius 1 is 1.10 bits per heavy atom. The van der Waals surface area contributed by atoms with E-state index in [0.29, 0.717) is 0 Å². The first kappa shape index (κ1) is 15.3. The van der Waals surface area contributed by atoms with Gasteiger partial charge in [0, 0.05) is 17.8 Å². The van der Waals surface area contributed by atoms with Gasteiger partial charge in [-0.15, -0.1) is 0 Å². The maximum Gasteiger partial charge on any atom is 0.261 e. The molecule has 0 heterocycles. The standard InChI is InChI=1S/C15H17FN2O2S/c1-3-17-12-7-9-13(10-8-12)21(19,20)18-15-6-4-5-14(16)11(15)2/h4-10,17-18H,3H2,1-2H3. The van der Waals surface area contributed by atoms with Gasteiger partial charge in [0.1, 0.15) is 5.82 Å². The second kappa shape index (κ2) is 6.13. The minimum Gasteiger partial charge on any atom is -0.385 e. The molecule has 0 aliphatic heterocycles. The molecule has 4 nitrogen and oxygen atoms in total. The van der Waals surface area contributed by atoms with Crippen molar-refractivity contribution in [3.63, 3.8) is 0 Å². The third kappa shape index (κ3) is 3.52. The normalized spacial score (nSPS) is 11.2. The van der Waals surface area contributed by atoms with E-state index in [-0.39, 0.29) is 16.1 Å². The van der Waals surface area contributed by atoms with Crippen molar-refractivity contribution < 1.29 is 12.8 Å². The molecule has 0 unspecified atom stereocenters. The van der Waals surface area contributed by atoms with Gasteiger partial charge in [0.25, 0.3) is 10.0 Å². The molecule has 0 saturated carbocycles. The van der Waals surface area contributed by atoms with E-state index in [4.69, 9.17) is 0 Å². The van der Waals surface area contributed by atoms with E-state index < -0.39 is 15.8 Å². The Hall–Kier alpha value is -2.08. The minimum absolute atomic E-state index is 0.132. The Labute approximate surface area is 124 Å². The molecular weight excluding hydrogens is 291 g/mol. The third-order valence-electron chi connectivity index (χ3n) is 3.06. The Kier molecular flexibility index (Phi) is 4.47. The van der Waals surface area contributed by atoms with Gasteiger partial charge in [-0.1, -0.05) is 6.07 Å². The fraction of sp³-hybridized carbons (Fsp3) is 0.200. The van der Waals surface area contributed by atoms with E-state index in [9.17, 15) is 12.8 Å². The first-order valence-electron chi connectivity index (χ1n) is 6.56. The average Bonchev–Trinajstić information content (AvgIpc) is 2.45. The molecule has 2 aromatic rings. The first-order chi connectivity index (χ1) is 9.94. The molecule has 0 bridgehead atoms. The van der Waals surface area contributed by atoms with E-state index in [1.807, 2.05) is 6.92 Å². The van der Waals surface area contributed by atoms with Gasteiger partial charge in [0.2, 0.25) is 0 Å². The fourth-order valence-corrected chi connectivity index (χ4v) is 3.00. The smallest absolute Gasteiger partial charge is 0.261 e. The number of halogens is 1. The summed E-state index contributed by atoms with van der Waals surface area (Å²) < 4.78 is 40.4.